The molecule has 0 amide bonds. The summed E-state index contributed by atoms with van der Waals surface area (Å²) in [7, 11) is 5.98. The van der Waals surface area contributed by atoms with Crippen LogP contribution in [0.5, 0.6) is 0 Å². The van der Waals surface area contributed by atoms with Crippen molar-refractivity contribution >= 4 is 40.8 Å². The predicted octanol–water partition coefficient (Wildman–Crippen LogP) is 3.81. The molecule has 27 heavy (non-hydrogen) atoms. The summed E-state index contributed by atoms with van der Waals surface area (Å²) in [6.07, 6.45) is 4.20. The van der Waals surface area contributed by atoms with Gasteiger partial charge < -0.3 is 10.2 Å². The standard InChI is InChI=1S/C22H25BBrN3/c1-14-4-5-18(23)8-20(14)15(2)26-22(3)9-16-12-27(13-17(16)10-22)21-7-6-19(24)11-25-21/h4-8,11,16-17,26H,2,9-10,12-13H2,1,3H3. The zero-order valence-electron chi connectivity index (χ0n) is 16.0. The molecule has 2 atom stereocenters. The summed E-state index contributed by atoms with van der Waals surface area (Å²) in [5, 5.41) is 3.74. The van der Waals surface area contributed by atoms with Gasteiger partial charge in [0.1, 0.15) is 13.7 Å². The Morgan fingerprint density at radius 1 is 1.26 bits per heavy atom. The normalized spacial score (nSPS) is 26.9. The fraction of sp³-hybridized carbons (Fsp3) is 0.409. The molecule has 2 fully saturated rings. The van der Waals surface area contributed by atoms with E-state index < -0.39 is 0 Å². The maximum atomic E-state index is 5.98. The number of rotatable bonds is 4. The van der Waals surface area contributed by atoms with Crippen LogP contribution in [-0.4, -0.2) is 31.5 Å². The number of fused-ring (bicyclic) bond motifs is 1. The van der Waals surface area contributed by atoms with Gasteiger partial charge in [0.2, 0.25) is 0 Å². The third kappa shape index (κ3) is 3.80. The summed E-state index contributed by atoms with van der Waals surface area (Å²) < 4.78 is 1.03. The van der Waals surface area contributed by atoms with E-state index in [0.29, 0.717) is 11.8 Å². The van der Waals surface area contributed by atoms with Crippen LogP contribution in [0.3, 0.4) is 0 Å². The SMILES string of the molecule is [B]c1ccc(C)c(C(=C)NC2(C)CC3CN(c4ccc(Br)cn4)CC3C2)c1. The molecule has 0 spiro atoms. The van der Waals surface area contributed by atoms with Crippen LogP contribution in [0.2, 0.25) is 0 Å². The minimum Gasteiger partial charge on any atom is -0.380 e. The highest BCUT2D eigenvalue weighted by molar-refractivity contribution is 9.10. The maximum Gasteiger partial charge on any atom is 0.128 e. The van der Waals surface area contributed by atoms with Gasteiger partial charge in [0.15, 0.2) is 0 Å². The maximum absolute atomic E-state index is 5.98. The quantitative estimate of drug-likeness (QED) is 0.760. The highest BCUT2D eigenvalue weighted by atomic mass is 79.9. The van der Waals surface area contributed by atoms with Crippen molar-refractivity contribution in [3.05, 3.63) is 58.7 Å². The Hall–Kier alpha value is -1.75. The average Bonchev–Trinajstić information content (AvgIpc) is 3.12. The third-order valence-corrected chi connectivity index (χ3v) is 6.55. The van der Waals surface area contributed by atoms with Gasteiger partial charge >= 0.3 is 0 Å². The number of nitrogens with zero attached hydrogens (tertiary/aromatic N) is 2. The molecule has 3 nitrogen and oxygen atoms in total. The first-order valence-corrected chi connectivity index (χ1v) is 10.3. The van der Waals surface area contributed by atoms with Gasteiger partial charge in [-0.25, -0.2) is 4.98 Å². The van der Waals surface area contributed by atoms with Gasteiger partial charge in [0.05, 0.1) is 0 Å². The molecule has 2 aromatic rings. The molecule has 1 aliphatic carbocycles. The number of pyridine rings is 1. The van der Waals surface area contributed by atoms with Gasteiger partial charge in [-0.05, 0) is 77.7 Å². The largest absolute Gasteiger partial charge is 0.380 e. The van der Waals surface area contributed by atoms with E-state index in [2.05, 4.69) is 69.8 Å². The second kappa shape index (κ2) is 7.01. The number of nitrogens with one attached hydrogen (secondary N) is 1. The first kappa shape index (κ1) is 18.6. The molecular weight excluding hydrogens is 397 g/mol. The van der Waals surface area contributed by atoms with Crippen LogP contribution in [0.1, 0.15) is 30.9 Å². The lowest BCUT2D eigenvalue weighted by molar-refractivity contribution is 0.394. The molecule has 1 aromatic heterocycles. The van der Waals surface area contributed by atoms with E-state index in [0.717, 1.165) is 52.9 Å². The number of hydrogen-bond donors (Lipinski definition) is 1. The number of aromatic nitrogens is 1. The van der Waals surface area contributed by atoms with Gasteiger partial charge in [-0.15, -0.1) is 0 Å². The zero-order chi connectivity index (χ0) is 19.2. The van der Waals surface area contributed by atoms with Gasteiger partial charge in [0, 0.05) is 35.0 Å². The van der Waals surface area contributed by atoms with Crippen molar-refractivity contribution in [3.8, 4) is 0 Å². The van der Waals surface area contributed by atoms with E-state index in [-0.39, 0.29) is 5.54 Å². The summed E-state index contributed by atoms with van der Waals surface area (Å²) in [6, 6.07) is 10.2. The first-order valence-electron chi connectivity index (χ1n) is 9.53. The van der Waals surface area contributed by atoms with E-state index in [9.17, 15) is 0 Å². The summed E-state index contributed by atoms with van der Waals surface area (Å²) in [6.45, 7) is 10.9. The van der Waals surface area contributed by atoms with Gasteiger partial charge in [-0.1, -0.05) is 30.2 Å². The van der Waals surface area contributed by atoms with Crippen molar-refractivity contribution in [2.45, 2.75) is 32.2 Å². The van der Waals surface area contributed by atoms with Crippen LogP contribution in [-0.2, 0) is 0 Å². The molecule has 138 valence electrons. The average molecular weight is 422 g/mol. The van der Waals surface area contributed by atoms with Crippen molar-refractivity contribution in [3.63, 3.8) is 0 Å². The second-order valence-electron chi connectivity index (χ2n) is 8.41. The molecule has 1 aliphatic heterocycles. The molecule has 2 aliphatic rings. The minimum atomic E-state index is 0.0860. The van der Waals surface area contributed by atoms with Crippen LogP contribution >= 0.6 is 15.9 Å². The Kier molecular flexibility index (Phi) is 4.83. The number of benzene rings is 1. The topological polar surface area (TPSA) is 28.2 Å². The number of hydrogen-bond acceptors (Lipinski definition) is 3. The predicted molar refractivity (Wildman–Crippen MR) is 118 cm³/mol. The number of aryl methyl sites for hydroxylation is 1. The van der Waals surface area contributed by atoms with E-state index in [1.165, 1.54) is 5.56 Å². The van der Waals surface area contributed by atoms with E-state index in [1.807, 2.05) is 18.3 Å². The van der Waals surface area contributed by atoms with Crippen LogP contribution in [0.25, 0.3) is 5.70 Å². The van der Waals surface area contributed by atoms with Gasteiger partial charge in [0.25, 0.3) is 0 Å². The molecule has 1 aromatic carbocycles. The lowest BCUT2D eigenvalue weighted by atomic mass is 9.90. The summed E-state index contributed by atoms with van der Waals surface area (Å²) in [4.78, 5) is 7.00. The zero-order valence-corrected chi connectivity index (χ0v) is 17.6. The summed E-state index contributed by atoms with van der Waals surface area (Å²) >= 11 is 3.46. The number of halogens is 1. The molecule has 2 radical (unpaired) electrons. The first-order chi connectivity index (χ1) is 12.8. The smallest absolute Gasteiger partial charge is 0.128 e. The van der Waals surface area contributed by atoms with Crippen molar-refractivity contribution in [1.29, 1.82) is 0 Å². The van der Waals surface area contributed by atoms with Crippen molar-refractivity contribution in [2.75, 3.05) is 18.0 Å². The summed E-state index contributed by atoms with van der Waals surface area (Å²) in [5.41, 5.74) is 4.17. The highest BCUT2D eigenvalue weighted by Gasteiger charge is 2.47. The van der Waals surface area contributed by atoms with Crippen LogP contribution in [0.15, 0.2) is 47.6 Å². The summed E-state index contributed by atoms with van der Waals surface area (Å²) in [5.74, 6) is 2.48. The molecule has 0 bridgehead atoms. The Bertz CT molecular complexity index is 850. The molecule has 2 heterocycles. The van der Waals surface area contributed by atoms with E-state index in [4.69, 9.17) is 7.85 Å². The lowest BCUT2D eigenvalue weighted by Gasteiger charge is -2.31. The van der Waals surface area contributed by atoms with Crippen molar-refractivity contribution in [2.24, 2.45) is 11.8 Å². The molecule has 2 unspecified atom stereocenters. The lowest BCUT2D eigenvalue weighted by Crippen LogP contribution is -2.40. The van der Waals surface area contributed by atoms with Crippen LogP contribution in [0.4, 0.5) is 5.82 Å². The minimum absolute atomic E-state index is 0.0860. The fourth-order valence-corrected chi connectivity index (χ4v) is 5.12. The van der Waals surface area contributed by atoms with E-state index >= 15 is 0 Å². The Morgan fingerprint density at radius 3 is 2.59 bits per heavy atom. The molecule has 5 heteroatoms. The van der Waals surface area contributed by atoms with Crippen molar-refractivity contribution < 1.29 is 0 Å². The van der Waals surface area contributed by atoms with Crippen molar-refractivity contribution in [1.82, 2.24) is 10.3 Å². The second-order valence-corrected chi connectivity index (χ2v) is 9.32. The molecule has 1 N–H and O–H groups in total. The molecule has 1 saturated heterocycles. The van der Waals surface area contributed by atoms with Gasteiger partial charge in [-0.2, -0.15) is 0 Å². The Morgan fingerprint density at radius 2 is 1.96 bits per heavy atom. The Labute approximate surface area is 171 Å². The molecular formula is C22H25BBrN3. The van der Waals surface area contributed by atoms with Crippen LogP contribution < -0.4 is 15.7 Å². The third-order valence-electron chi connectivity index (χ3n) is 6.08. The highest BCUT2D eigenvalue weighted by Crippen LogP contribution is 2.45. The monoisotopic (exact) mass is 421 g/mol. The van der Waals surface area contributed by atoms with Crippen LogP contribution in [0, 0.1) is 18.8 Å². The van der Waals surface area contributed by atoms with Gasteiger partial charge in [-0.3, -0.25) is 0 Å². The molecule has 4 rings (SSSR count). The fourth-order valence-electron chi connectivity index (χ4n) is 4.88. The molecule has 1 saturated carbocycles. The van der Waals surface area contributed by atoms with E-state index in [1.54, 1.807) is 0 Å². The number of anilines is 1. The Balaban J connectivity index is 1.42.